The number of hydrogen-bond donors (Lipinski definition) is 0. The third kappa shape index (κ3) is 2.63. The SMILES string of the molecule is Cc1c(-c2ccc(F)c(Cl)c2)nc2c(C#N)c(C#N)nn2c1C(F)(F)F. The molecule has 2 aromatic heterocycles. The highest BCUT2D eigenvalue weighted by Gasteiger charge is 2.39. The van der Waals surface area contributed by atoms with Crippen molar-refractivity contribution in [2.45, 2.75) is 13.1 Å². The van der Waals surface area contributed by atoms with Gasteiger partial charge in [-0.1, -0.05) is 11.6 Å². The van der Waals surface area contributed by atoms with Crippen molar-refractivity contribution in [3.63, 3.8) is 0 Å². The maximum atomic E-state index is 13.6. The molecule has 0 bridgehead atoms. The summed E-state index contributed by atoms with van der Waals surface area (Å²) in [6.45, 7) is 1.17. The van der Waals surface area contributed by atoms with Crippen LogP contribution < -0.4 is 0 Å². The summed E-state index contributed by atoms with van der Waals surface area (Å²) in [5.74, 6) is -0.737. The van der Waals surface area contributed by atoms with Gasteiger partial charge in [-0.2, -0.15) is 28.8 Å². The molecule has 5 nitrogen and oxygen atoms in total. The lowest BCUT2D eigenvalue weighted by Gasteiger charge is -2.15. The molecule has 1 aromatic carbocycles. The van der Waals surface area contributed by atoms with Crippen molar-refractivity contribution in [3.8, 4) is 23.4 Å². The number of fused-ring (bicyclic) bond motifs is 1. The van der Waals surface area contributed by atoms with Crippen LogP contribution in [0.3, 0.4) is 0 Å². The zero-order valence-electron chi connectivity index (χ0n) is 12.9. The first-order chi connectivity index (χ1) is 12.2. The number of halogens is 5. The minimum absolute atomic E-state index is 0.130. The molecule has 3 aromatic rings. The van der Waals surface area contributed by atoms with E-state index >= 15 is 0 Å². The Hall–Kier alpha value is -3.17. The van der Waals surface area contributed by atoms with Gasteiger partial charge < -0.3 is 0 Å². The molecule has 0 aliphatic carbocycles. The Balaban J connectivity index is 2.49. The van der Waals surface area contributed by atoms with E-state index in [-0.39, 0.29) is 27.4 Å². The number of hydrogen-bond acceptors (Lipinski definition) is 4. The van der Waals surface area contributed by atoms with Gasteiger partial charge in [-0.05, 0) is 25.1 Å². The third-order valence-electron chi connectivity index (χ3n) is 3.68. The van der Waals surface area contributed by atoms with Gasteiger partial charge in [-0.25, -0.2) is 13.9 Å². The van der Waals surface area contributed by atoms with Crippen molar-refractivity contribution in [3.05, 3.63) is 51.6 Å². The quantitative estimate of drug-likeness (QED) is 0.592. The lowest BCUT2D eigenvalue weighted by atomic mass is 10.0. The van der Waals surface area contributed by atoms with Crippen LogP contribution in [0.4, 0.5) is 17.6 Å². The zero-order chi connectivity index (χ0) is 19.2. The van der Waals surface area contributed by atoms with E-state index in [2.05, 4.69) is 10.1 Å². The standard InChI is InChI=1S/C16H6ClF4N5/c1-7-13(8-2-3-11(18)10(17)4-8)24-15-9(5-22)12(6-23)25-26(15)14(7)16(19,20)21/h2-4H,1H3. The zero-order valence-corrected chi connectivity index (χ0v) is 13.6. The Labute approximate surface area is 148 Å². The highest BCUT2D eigenvalue weighted by Crippen LogP contribution is 2.37. The van der Waals surface area contributed by atoms with Crippen molar-refractivity contribution >= 4 is 17.2 Å². The molecule has 0 saturated carbocycles. The van der Waals surface area contributed by atoms with Gasteiger partial charge in [0.2, 0.25) is 0 Å². The molecule has 2 heterocycles. The lowest BCUT2D eigenvalue weighted by Crippen LogP contribution is -2.17. The number of rotatable bonds is 1. The van der Waals surface area contributed by atoms with Gasteiger partial charge in [-0.15, -0.1) is 0 Å². The minimum atomic E-state index is -4.84. The van der Waals surface area contributed by atoms with Gasteiger partial charge in [0.25, 0.3) is 0 Å². The first-order valence-corrected chi connectivity index (χ1v) is 7.33. The van der Waals surface area contributed by atoms with Crippen LogP contribution in [0.15, 0.2) is 18.2 Å². The van der Waals surface area contributed by atoms with Crippen LogP contribution in [0.5, 0.6) is 0 Å². The smallest absolute Gasteiger partial charge is 0.227 e. The average molecular weight is 380 g/mol. The molecule has 26 heavy (non-hydrogen) atoms. The second kappa shape index (κ2) is 5.97. The molecule has 130 valence electrons. The summed E-state index contributed by atoms with van der Waals surface area (Å²) in [7, 11) is 0. The van der Waals surface area contributed by atoms with Gasteiger partial charge in [0.05, 0.1) is 10.7 Å². The molecule has 10 heteroatoms. The van der Waals surface area contributed by atoms with Gasteiger partial charge in [0.15, 0.2) is 17.0 Å². The summed E-state index contributed by atoms with van der Waals surface area (Å²) < 4.78 is 54.7. The van der Waals surface area contributed by atoms with Gasteiger partial charge >= 0.3 is 6.18 Å². The second-order valence-electron chi connectivity index (χ2n) is 5.24. The fourth-order valence-corrected chi connectivity index (χ4v) is 2.75. The summed E-state index contributed by atoms with van der Waals surface area (Å²) in [5.41, 5.74) is -2.78. The molecule has 0 aliphatic rings. The van der Waals surface area contributed by atoms with E-state index in [1.165, 1.54) is 13.0 Å². The van der Waals surface area contributed by atoms with Crippen molar-refractivity contribution in [1.29, 1.82) is 10.5 Å². The first kappa shape index (κ1) is 17.6. The largest absolute Gasteiger partial charge is 0.433 e. The molecule has 0 atom stereocenters. The number of aromatic nitrogens is 3. The number of alkyl halides is 3. The summed E-state index contributed by atoms with van der Waals surface area (Å²) in [6, 6.07) is 6.58. The summed E-state index contributed by atoms with van der Waals surface area (Å²) in [4.78, 5) is 4.08. The number of nitriles is 2. The molecular formula is C16H6ClF4N5. The molecule has 0 saturated heterocycles. The lowest BCUT2D eigenvalue weighted by molar-refractivity contribution is -0.143. The Morgan fingerprint density at radius 2 is 1.88 bits per heavy atom. The molecule has 0 spiro atoms. The predicted octanol–water partition coefficient (Wildman–Crippen LogP) is 4.26. The van der Waals surface area contributed by atoms with E-state index in [9.17, 15) is 22.8 Å². The van der Waals surface area contributed by atoms with Crippen LogP contribution in [0.2, 0.25) is 5.02 Å². The van der Waals surface area contributed by atoms with Crippen LogP contribution in [-0.2, 0) is 6.18 Å². The molecule has 0 amide bonds. The minimum Gasteiger partial charge on any atom is -0.227 e. The Morgan fingerprint density at radius 3 is 2.42 bits per heavy atom. The van der Waals surface area contributed by atoms with Crippen LogP contribution >= 0.6 is 11.6 Å². The van der Waals surface area contributed by atoms with Crippen LogP contribution in [0, 0.1) is 35.4 Å². The first-order valence-electron chi connectivity index (χ1n) is 6.95. The highest BCUT2D eigenvalue weighted by molar-refractivity contribution is 6.31. The Morgan fingerprint density at radius 1 is 1.19 bits per heavy atom. The van der Waals surface area contributed by atoms with E-state index in [0.29, 0.717) is 4.52 Å². The topological polar surface area (TPSA) is 77.8 Å². The Bertz CT molecular complexity index is 1130. The van der Waals surface area contributed by atoms with Crippen molar-refractivity contribution in [2.24, 2.45) is 0 Å². The van der Waals surface area contributed by atoms with Gasteiger partial charge in [0.1, 0.15) is 23.5 Å². The molecule has 3 rings (SSSR count). The maximum Gasteiger partial charge on any atom is 0.433 e. The van der Waals surface area contributed by atoms with Crippen LogP contribution in [-0.4, -0.2) is 14.6 Å². The van der Waals surface area contributed by atoms with Crippen LogP contribution in [0.25, 0.3) is 16.9 Å². The van der Waals surface area contributed by atoms with Crippen molar-refractivity contribution in [2.75, 3.05) is 0 Å². The fraction of sp³-hybridized carbons (Fsp3) is 0.125. The third-order valence-corrected chi connectivity index (χ3v) is 3.97. The fourth-order valence-electron chi connectivity index (χ4n) is 2.57. The van der Waals surface area contributed by atoms with Crippen molar-refractivity contribution in [1.82, 2.24) is 14.6 Å². The van der Waals surface area contributed by atoms with Gasteiger partial charge in [-0.3, -0.25) is 0 Å². The molecule has 0 aliphatic heterocycles. The normalized spacial score (nSPS) is 11.4. The monoisotopic (exact) mass is 379 g/mol. The Kier molecular flexibility index (Phi) is 4.05. The second-order valence-corrected chi connectivity index (χ2v) is 5.65. The number of nitrogens with zero attached hydrogens (tertiary/aromatic N) is 5. The molecule has 0 fully saturated rings. The van der Waals surface area contributed by atoms with E-state index in [0.717, 1.165) is 12.1 Å². The van der Waals surface area contributed by atoms with E-state index in [1.807, 2.05) is 0 Å². The average Bonchev–Trinajstić information content (AvgIpc) is 2.92. The van der Waals surface area contributed by atoms with Crippen LogP contribution in [0.1, 0.15) is 22.5 Å². The molecular weight excluding hydrogens is 374 g/mol. The summed E-state index contributed by atoms with van der Waals surface area (Å²) in [5, 5.41) is 21.5. The van der Waals surface area contributed by atoms with E-state index < -0.39 is 29.0 Å². The number of benzene rings is 1. The predicted molar refractivity (Wildman–Crippen MR) is 82.6 cm³/mol. The highest BCUT2D eigenvalue weighted by atomic mass is 35.5. The summed E-state index contributed by atoms with van der Waals surface area (Å²) in [6.07, 6.45) is -4.84. The molecule has 0 unspecified atom stereocenters. The van der Waals surface area contributed by atoms with E-state index in [4.69, 9.17) is 16.9 Å². The summed E-state index contributed by atoms with van der Waals surface area (Å²) >= 11 is 5.71. The van der Waals surface area contributed by atoms with Crippen molar-refractivity contribution < 1.29 is 17.6 Å². The van der Waals surface area contributed by atoms with E-state index in [1.54, 1.807) is 12.1 Å². The molecule has 0 radical (unpaired) electrons. The molecule has 0 N–H and O–H groups in total. The maximum absolute atomic E-state index is 13.6. The van der Waals surface area contributed by atoms with Gasteiger partial charge in [0, 0.05) is 11.1 Å².